The van der Waals surface area contributed by atoms with Crippen LogP contribution in [-0.2, 0) is 0 Å². The summed E-state index contributed by atoms with van der Waals surface area (Å²) in [6, 6.07) is 10.4. The first-order valence-corrected chi connectivity index (χ1v) is 7.82. The van der Waals surface area contributed by atoms with Crippen molar-refractivity contribution in [2.45, 2.75) is 39.7 Å². The molecule has 0 bridgehead atoms. The van der Waals surface area contributed by atoms with Crippen LogP contribution in [0.25, 0.3) is 0 Å². The highest BCUT2D eigenvalue weighted by Gasteiger charge is 2.12. The number of nitrogens with one attached hydrogen (secondary N) is 1. The zero-order valence-corrected chi connectivity index (χ0v) is 13.2. The number of nitrogens with zero attached hydrogens (tertiary/aromatic N) is 1. The number of para-hydroxylation sites is 1. The van der Waals surface area contributed by atoms with Crippen LogP contribution in [0.15, 0.2) is 30.3 Å². The number of rotatable bonds is 10. The second kappa shape index (κ2) is 9.78. The fourth-order valence-corrected chi connectivity index (χ4v) is 2.17. The van der Waals surface area contributed by atoms with Crippen molar-refractivity contribution in [3.63, 3.8) is 0 Å². The van der Waals surface area contributed by atoms with Crippen LogP contribution in [0.1, 0.15) is 33.6 Å². The monoisotopic (exact) mass is 278 g/mol. The largest absolute Gasteiger partial charge is 0.390 e. The third kappa shape index (κ3) is 6.92. The maximum absolute atomic E-state index is 10.2. The minimum Gasteiger partial charge on any atom is -0.390 e. The van der Waals surface area contributed by atoms with E-state index < -0.39 is 0 Å². The Hall–Kier alpha value is -1.06. The van der Waals surface area contributed by atoms with E-state index in [0.29, 0.717) is 19.0 Å². The van der Waals surface area contributed by atoms with E-state index in [-0.39, 0.29) is 6.10 Å². The predicted molar refractivity (Wildman–Crippen MR) is 87.3 cm³/mol. The van der Waals surface area contributed by atoms with Gasteiger partial charge in [0.15, 0.2) is 0 Å². The van der Waals surface area contributed by atoms with Crippen molar-refractivity contribution in [2.75, 3.05) is 31.1 Å². The number of aliphatic hydroxyl groups is 1. The zero-order valence-electron chi connectivity index (χ0n) is 13.2. The summed E-state index contributed by atoms with van der Waals surface area (Å²) < 4.78 is 0. The summed E-state index contributed by atoms with van der Waals surface area (Å²) in [7, 11) is 0. The molecule has 0 aliphatic heterocycles. The number of hydrogen-bond acceptors (Lipinski definition) is 3. The molecule has 0 aliphatic rings. The Balaban J connectivity index is 2.47. The van der Waals surface area contributed by atoms with E-state index in [1.807, 2.05) is 6.07 Å². The van der Waals surface area contributed by atoms with E-state index in [0.717, 1.165) is 19.5 Å². The van der Waals surface area contributed by atoms with Crippen molar-refractivity contribution < 1.29 is 5.11 Å². The van der Waals surface area contributed by atoms with Crippen molar-refractivity contribution in [1.29, 1.82) is 0 Å². The quantitative estimate of drug-likeness (QED) is 0.691. The number of unbranched alkanes of at least 4 members (excludes halogenated alkanes) is 1. The van der Waals surface area contributed by atoms with Crippen LogP contribution < -0.4 is 10.2 Å². The Morgan fingerprint density at radius 3 is 2.45 bits per heavy atom. The summed E-state index contributed by atoms with van der Waals surface area (Å²) >= 11 is 0. The van der Waals surface area contributed by atoms with Gasteiger partial charge < -0.3 is 15.3 Å². The highest BCUT2D eigenvalue weighted by Crippen LogP contribution is 2.14. The molecule has 114 valence electrons. The van der Waals surface area contributed by atoms with E-state index in [1.54, 1.807) is 0 Å². The molecule has 1 unspecified atom stereocenters. The topological polar surface area (TPSA) is 35.5 Å². The molecule has 1 atom stereocenters. The average Bonchev–Trinajstić information content (AvgIpc) is 2.44. The molecule has 1 aromatic carbocycles. The third-order valence-electron chi connectivity index (χ3n) is 3.27. The molecule has 0 spiro atoms. The van der Waals surface area contributed by atoms with Crippen molar-refractivity contribution >= 4 is 5.69 Å². The first-order valence-electron chi connectivity index (χ1n) is 7.82. The number of hydrogen-bond donors (Lipinski definition) is 2. The number of benzene rings is 1. The van der Waals surface area contributed by atoms with Gasteiger partial charge in [0.25, 0.3) is 0 Å². The second-order valence-corrected chi connectivity index (χ2v) is 5.84. The van der Waals surface area contributed by atoms with E-state index in [4.69, 9.17) is 0 Å². The summed E-state index contributed by atoms with van der Waals surface area (Å²) in [6.07, 6.45) is 2.00. The average molecular weight is 278 g/mol. The van der Waals surface area contributed by atoms with Gasteiger partial charge in [-0.25, -0.2) is 0 Å². The van der Waals surface area contributed by atoms with Crippen molar-refractivity contribution in [2.24, 2.45) is 5.92 Å². The van der Waals surface area contributed by atoms with Crippen LogP contribution in [0.5, 0.6) is 0 Å². The molecule has 0 fully saturated rings. The standard InChI is InChI=1S/C17H30N2O/c1-4-5-11-19(16-9-7-6-8-10-16)14-17(20)13-18-12-15(2)3/h6-10,15,17-18,20H,4-5,11-14H2,1-3H3. The Bertz CT molecular complexity index is 340. The van der Waals surface area contributed by atoms with Crippen molar-refractivity contribution in [3.05, 3.63) is 30.3 Å². The second-order valence-electron chi connectivity index (χ2n) is 5.84. The molecular weight excluding hydrogens is 248 g/mol. The SMILES string of the molecule is CCCCN(CC(O)CNCC(C)C)c1ccccc1. The van der Waals surface area contributed by atoms with Gasteiger partial charge in [-0.05, 0) is 31.0 Å². The van der Waals surface area contributed by atoms with Crippen molar-refractivity contribution in [1.82, 2.24) is 5.32 Å². The summed E-state index contributed by atoms with van der Waals surface area (Å²) in [4.78, 5) is 2.28. The maximum Gasteiger partial charge on any atom is 0.0839 e. The molecule has 0 aliphatic carbocycles. The highest BCUT2D eigenvalue weighted by molar-refractivity contribution is 5.46. The van der Waals surface area contributed by atoms with Crippen LogP contribution in [0.4, 0.5) is 5.69 Å². The lowest BCUT2D eigenvalue weighted by Crippen LogP contribution is -2.39. The maximum atomic E-state index is 10.2. The molecule has 1 rings (SSSR count). The van der Waals surface area contributed by atoms with Crippen LogP contribution in [0.2, 0.25) is 0 Å². The van der Waals surface area contributed by atoms with Gasteiger partial charge in [0.05, 0.1) is 6.10 Å². The molecule has 2 N–H and O–H groups in total. The van der Waals surface area contributed by atoms with Gasteiger partial charge in [0, 0.05) is 25.3 Å². The van der Waals surface area contributed by atoms with Crippen molar-refractivity contribution in [3.8, 4) is 0 Å². The zero-order chi connectivity index (χ0) is 14.8. The first-order chi connectivity index (χ1) is 9.63. The summed E-state index contributed by atoms with van der Waals surface area (Å²) in [6.45, 7) is 9.86. The normalized spacial score (nSPS) is 12.7. The molecule has 0 heterocycles. The molecule has 0 amide bonds. The van der Waals surface area contributed by atoms with Gasteiger partial charge in [-0.2, -0.15) is 0 Å². The Morgan fingerprint density at radius 1 is 1.15 bits per heavy atom. The lowest BCUT2D eigenvalue weighted by molar-refractivity contribution is 0.175. The minimum absolute atomic E-state index is 0.328. The van der Waals surface area contributed by atoms with E-state index in [2.05, 4.69) is 55.3 Å². The summed E-state index contributed by atoms with van der Waals surface area (Å²) in [5.41, 5.74) is 1.20. The van der Waals surface area contributed by atoms with E-state index >= 15 is 0 Å². The smallest absolute Gasteiger partial charge is 0.0839 e. The molecule has 1 aromatic rings. The molecule has 0 saturated carbocycles. The molecule has 20 heavy (non-hydrogen) atoms. The number of anilines is 1. The molecule has 0 aromatic heterocycles. The molecule has 0 saturated heterocycles. The lowest BCUT2D eigenvalue weighted by atomic mass is 10.2. The van der Waals surface area contributed by atoms with Crippen LogP contribution in [-0.4, -0.2) is 37.4 Å². The van der Waals surface area contributed by atoms with Gasteiger partial charge in [0.2, 0.25) is 0 Å². The summed E-state index contributed by atoms with van der Waals surface area (Å²) in [5.74, 6) is 0.618. The van der Waals surface area contributed by atoms with Gasteiger partial charge in [0.1, 0.15) is 0 Å². The van der Waals surface area contributed by atoms with Crippen LogP contribution >= 0.6 is 0 Å². The Labute approximate surface area is 124 Å². The fraction of sp³-hybridized carbons (Fsp3) is 0.647. The van der Waals surface area contributed by atoms with Gasteiger partial charge in [-0.15, -0.1) is 0 Å². The highest BCUT2D eigenvalue weighted by atomic mass is 16.3. The molecule has 3 nitrogen and oxygen atoms in total. The fourth-order valence-electron chi connectivity index (χ4n) is 2.17. The Morgan fingerprint density at radius 2 is 1.85 bits per heavy atom. The van der Waals surface area contributed by atoms with E-state index in [9.17, 15) is 5.11 Å². The third-order valence-corrected chi connectivity index (χ3v) is 3.27. The minimum atomic E-state index is -0.328. The summed E-state index contributed by atoms with van der Waals surface area (Å²) in [5, 5.41) is 13.5. The Kier molecular flexibility index (Phi) is 8.31. The van der Waals surface area contributed by atoms with Crippen LogP contribution in [0.3, 0.4) is 0 Å². The van der Waals surface area contributed by atoms with Gasteiger partial charge >= 0.3 is 0 Å². The number of aliphatic hydroxyl groups excluding tert-OH is 1. The molecule has 3 heteroatoms. The van der Waals surface area contributed by atoms with Gasteiger partial charge in [-0.1, -0.05) is 45.4 Å². The lowest BCUT2D eigenvalue weighted by Gasteiger charge is -2.27. The predicted octanol–water partition coefficient (Wildman–Crippen LogP) is 2.90. The van der Waals surface area contributed by atoms with Crippen LogP contribution in [0, 0.1) is 5.92 Å². The molecule has 0 radical (unpaired) electrons. The van der Waals surface area contributed by atoms with Gasteiger partial charge in [-0.3, -0.25) is 0 Å². The first kappa shape index (κ1) is 17.0. The molecular formula is C17H30N2O. The van der Waals surface area contributed by atoms with E-state index in [1.165, 1.54) is 12.1 Å².